The van der Waals surface area contributed by atoms with E-state index in [0.29, 0.717) is 25.0 Å². The molecule has 0 saturated heterocycles. The minimum atomic E-state index is 0. The number of aromatic nitrogens is 3. The Kier molecular flexibility index (Phi) is 10.7. The van der Waals surface area contributed by atoms with Gasteiger partial charge in [0.1, 0.15) is 11.6 Å². The van der Waals surface area contributed by atoms with Crippen molar-refractivity contribution >= 4 is 29.9 Å². The Balaban J connectivity index is 0.00000363. The van der Waals surface area contributed by atoms with Crippen LogP contribution >= 0.6 is 24.0 Å². The third-order valence-corrected chi connectivity index (χ3v) is 6.72. The van der Waals surface area contributed by atoms with Crippen LogP contribution in [-0.2, 0) is 20.1 Å². The molecule has 8 heteroatoms. The first kappa shape index (κ1) is 26.4. The normalized spacial score (nSPS) is 16.7. The van der Waals surface area contributed by atoms with E-state index in [2.05, 4.69) is 46.8 Å². The number of rotatable bonds is 8. The minimum absolute atomic E-state index is 0. The largest absolute Gasteiger partial charge is 0.497 e. The average Bonchev–Trinajstić information content (AvgIpc) is 3.13. The lowest BCUT2D eigenvalue weighted by Gasteiger charge is -2.33. The van der Waals surface area contributed by atoms with Crippen LogP contribution in [0.1, 0.15) is 63.2 Å². The molecule has 1 saturated carbocycles. The Bertz CT molecular complexity index is 845. The molecule has 0 bridgehead atoms. The minimum Gasteiger partial charge on any atom is -0.497 e. The van der Waals surface area contributed by atoms with E-state index in [0.717, 1.165) is 34.8 Å². The average molecular weight is 555 g/mol. The number of halogens is 1. The second-order valence-electron chi connectivity index (χ2n) is 8.78. The molecule has 1 fully saturated rings. The van der Waals surface area contributed by atoms with Crippen LogP contribution in [0.15, 0.2) is 29.3 Å². The highest BCUT2D eigenvalue weighted by Gasteiger charge is 2.25. The number of hydrogen-bond donors (Lipinski definition) is 2. The van der Waals surface area contributed by atoms with Crippen molar-refractivity contribution in [1.29, 1.82) is 0 Å². The monoisotopic (exact) mass is 554 g/mol. The number of benzene rings is 1. The molecule has 1 heterocycles. The van der Waals surface area contributed by atoms with Gasteiger partial charge in [0, 0.05) is 13.1 Å². The van der Waals surface area contributed by atoms with Crippen molar-refractivity contribution in [3.05, 3.63) is 41.5 Å². The van der Waals surface area contributed by atoms with Crippen molar-refractivity contribution in [3.63, 3.8) is 0 Å². The summed E-state index contributed by atoms with van der Waals surface area (Å²) in [6, 6.07) is 8.40. The highest BCUT2D eigenvalue weighted by atomic mass is 127. The zero-order chi connectivity index (χ0) is 22.2. The van der Waals surface area contributed by atoms with Crippen LogP contribution in [0.3, 0.4) is 0 Å². The van der Waals surface area contributed by atoms with E-state index in [4.69, 9.17) is 9.73 Å². The fraction of sp³-hybridized carbons (Fsp3) is 0.625. The maximum atomic E-state index is 5.26. The molecule has 7 nitrogen and oxygen atoms in total. The van der Waals surface area contributed by atoms with Crippen molar-refractivity contribution in [2.45, 2.75) is 72.0 Å². The van der Waals surface area contributed by atoms with Gasteiger partial charge in [-0.1, -0.05) is 51.2 Å². The third-order valence-electron chi connectivity index (χ3n) is 6.72. The number of guanidine groups is 1. The molecule has 2 aromatic rings. The summed E-state index contributed by atoms with van der Waals surface area (Å²) >= 11 is 0. The van der Waals surface area contributed by atoms with Gasteiger partial charge in [0.15, 0.2) is 11.8 Å². The first-order valence-electron chi connectivity index (χ1n) is 11.5. The fourth-order valence-electron chi connectivity index (χ4n) is 4.24. The molecule has 1 aliphatic carbocycles. The SMILES string of the molecule is COc1ccc(CN=C(NCc2nnc(C)n2C)NC(C)C(C)C2CCCCC2)cc1.I. The first-order chi connectivity index (χ1) is 15.0. The van der Waals surface area contributed by atoms with Crippen LogP contribution in [0.4, 0.5) is 0 Å². The van der Waals surface area contributed by atoms with E-state index in [9.17, 15) is 0 Å². The standard InChI is InChI=1S/C24H38N6O.HI/c1-17(21-9-7-6-8-10-21)18(2)27-24(26-16-23-29-28-19(3)30(23)4)25-15-20-11-13-22(31-5)14-12-20;/h11-14,17-18,21H,6-10,15-16H2,1-5H3,(H2,25,26,27);1H. The van der Waals surface area contributed by atoms with E-state index in [-0.39, 0.29) is 24.0 Å². The molecule has 1 aromatic heterocycles. The van der Waals surface area contributed by atoms with Crippen molar-refractivity contribution in [2.75, 3.05) is 7.11 Å². The van der Waals surface area contributed by atoms with E-state index < -0.39 is 0 Å². The third kappa shape index (κ3) is 7.35. The lowest BCUT2D eigenvalue weighted by Crippen LogP contribution is -2.46. The highest BCUT2D eigenvalue weighted by molar-refractivity contribution is 14.0. The lowest BCUT2D eigenvalue weighted by molar-refractivity contribution is 0.229. The summed E-state index contributed by atoms with van der Waals surface area (Å²) in [7, 11) is 3.67. The molecule has 1 aliphatic rings. The number of ether oxygens (including phenoxy) is 1. The second-order valence-corrected chi connectivity index (χ2v) is 8.78. The zero-order valence-corrected chi connectivity index (χ0v) is 22.4. The lowest BCUT2D eigenvalue weighted by atomic mass is 9.78. The molecule has 0 aliphatic heterocycles. The Hall–Kier alpha value is -1.84. The molecule has 32 heavy (non-hydrogen) atoms. The Morgan fingerprint density at radius 1 is 1.16 bits per heavy atom. The summed E-state index contributed by atoms with van der Waals surface area (Å²) in [6.45, 7) is 7.79. The second kappa shape index (κ2) is 13.0. The van der Waals surface area contributed by atoms with Gasteiger partial charge in [-0.2, -0.15) is 0 Å². The van der Waals surface area contributed by atoms with E-state index >= 15 is 0 Å². The van der Waals surface area contributed by atoms with Crippen molar-refractivity contribution in [1.82, 2.24) is 25.4 Å². The number of methoxy groups -OCH3 is 1. The van der Waals surface area contributed by atoms with E-state index in [1.165, 1.54) is 32.1 Å². The van der Waals surface area contributed by atoms with Crippen molar-refractivity contribution in [2.24, 2.45) is 23.9 Å². The first-order valence-corrected chi connectivity index (χ1v) is 11.5. The number of hydrogen-bond acceptors (Lipinski definition) is 4. The Labute approximate surface area is 209 Å². The maximum absolute atomic E-state index is 5.26. The molecule has 178 valence electrons. The van der Waals surface area contributed by atoms with Crippen LogP contribution in [0.5, 0.6) is 5.75 Å². The number of nitrogens with zero attached hydrogens (tertiary/aromatic N) is 4. The van der Waals surface area contributed by atoms with Gasteiger partial charge in [0.25, 0.3) is 0 Å². The number of nitrogens with one attached hydrogen (secondary N) is 2. The topological polar surface area (TPSA) is 76.4 Å². The number of aryl methyl sites for hydroxylation is 1. The van der Waals surface area contributed by atoms with Crippen LogP contribution in [0, 0.1) is 18.8 Å². The molecular formula is C24H39IN6O. The molecular weight excluding hydrogens is 515 g/mol. The Morgan fingerprint density at radius 2 is 1.84 bits per heavy atom. The quantitative estimate of drug-likeness (QED) is 0.284. The molecule has 2 N–H and O–H groups in total. The Morgan fingerprint density at radius 3 is 2.44 bits per heavy atom. The molecule has 3 rings (SSSR count). The molecule has 0 spiro atoms. The van der Waals surface area contributed by atoms with Crippen LogP contribution in [-0.4, -0.2) is 33.9 Å². The molecule has 0 amide bonds. The maximum Gasteiger partial charge on any atom is 0.192 e. The fourth-order valence-corrected chi connectivity index (χ4v) is 4.24. The summed E-state index contributed by atoms with van der Waals surface area (Å²) in [5, 5.41) is 15.5. The van der Waals surface area contributed by atoms with Gasteiger partial charge in [-0.05, 0) is 43.4 Å². The van der Waals surface area contributed by atoms with Gasteiger partial charge in [-0.15, -0.1) is 34.2 Å². The predicted octanol–water partition coefficient (Wildman–Crippen LogP) is 4.59. The van der Waals surface area contributed by atoms with Gasteiger partial charge in [0.2, 0.25) is 0 Å². The number of aliphatic imine (C=N–C) groups is 1. The summed E-state index contributed by atoms with van der Waals surface area (Å²) < 4.78 is 7.26. The highest BCUT2D eigenvalue weighted by Crippen LogP contribution is 2.31. The molecule has 2 unspecified atom stereocenters. The summed E-state index contributed by atoms with van der Waals surface area (Å²) in [4.78, 5) is 4.86. The van der Waals surface area contributed by atoms with E-state index in [1.54, 1.807) is 7.11 Å². The van der Waals surface area contributed by atoms with Crippen LogP contribution < -0.4 is 15.4 Å². The van der Waals surface area contributed by atoms with Gasteiger partial charge in [0.05, 0.1) is 20.2 Å². The molecule has 0 radical (unpaired) electrons. The van der Waals surface area contributed by atoms with Gasteiger partial charge in [-0.25, -0.2) is 4.99 Å². The van der Waals surface area contributed by atoms with E-state index in [1.807, 2.05) is 30.7 Å². The van der Waals surface area contributed by atoms with Crippen molar-refractivity contribution in [3.8, 4) is 5.75 Å². The van der Waals surface area contributed by atoms with Gasteiger partial charge < -0.3 is 19.9 Å². The smallest absolute Gasteiger partial charge is 0.192 e. The summed E-state index contributed by atoms with van der Waals surface area (Å²) in [5.74, 6) is 4.86. The van der Waals surface area contributed by atoms with Crippen LogP contribution in [0.2, 0.25) is 0 Å². The zero-order valence-electron chi connectivity index (χ0n) is 20.1. The summed E-state index contributed by atoms with van der Waals surface area (Å²) in [6.07, 6.45) is 6.81. The van der Waals surface area contributed by atoms with Crippen LogP contribution in [0.25, 0.3) is 0 Å². The molecule has 1 aromatic carbocycles. The predicted molar refractivity (Wildman–Crippen MR) is 140 cm³/mol. The van der Waals surface area contributed by atoms with Gasteiger partial charge >= 0.3 is 0 Å². The summed E-state index contributed by atoms with van der Waals surface area (Å²) in [5.41, 5.74) is 1.14. The van der Waals surface area contributed by atoms with Gasteiger partial charge in [-0.3, -0.25) is 0 Å². The molecule has 2 atom stereocenters. The van der Waals surface area contributed by atoms with Crippen molar-refractivity contribution < 1.29 is 4.74 Å².